The second-order valence-electron chi connectivity index (χ2n) is 6.96. The standard InChI is InChI=1S/C20H20ClN5O3S/c21-16-11-22-10-14-4-3-5-17(20(14)16)30(28,29)26-9-7-15(13-26)25-19(27)12-24-18-6-1-2-8-23-18/h1-6,8,10-11,15H,7,9,12-13H2,(H,23,24)(H,25,27). The highest BCUT2D eigenvalue weighted by molar-refractivity contribution is 7.89. The lowest BCUT2D eigenvalue weighted by molar-refractivity contribution is -0.120. The number of carbonyl (C=O) groups excluding carboxylic acids is 1. The van der Waals surface area contributed by atoms with Crippen LogP contribution in [0.15, 0.2) is 59.9 Å². The largest absolute Gasteiger partial charge is 0.361 e. The number of sulfonamides is 1. The number of hydrogen-bond acceptors (Lipinski definition) is 6. The van der Waals surface area contributed by atoms with Gasteiger partial charge in [-0.25, -0.2) is 13.4 Å². The Labute approximate surface area is 179 Å². The van der Waals surface area contributed by atoms with Crippen LogP contribution in [0.5, 0.6) is 0 Å². The van der Waals surface area contributed by atoms with Gasteiger partial charge in [0.25, 0.3) is 0 Å². The number of carbonyl (C=O) groups is 1. The summed E-state index contributed by atoms with van der Waals surface area (Å²) in [6.45, 7) is 0.586. The van der Waals surface area contributed by atoms with E-state index in [1.807, 2.05) is 6.07 Å². The maximum Gasteiger partial charge on any atom is 0.243 e. The first-order valence-corrected chi connectivity index (χ1v) is 11.2. The predicted octanol–water partition coefficient (Wildman–Crippen LogP) is 2.27. The van der Waals surface area contributed by atoms with E-state index in [9.17, 15) is 13.2 Å². The number of hydrogen-bond donors (Lipinski definition) is 2. The zero-order valence-corrected chi connectivity index (χ0v) is 17.5. The third kappa shape index (κ3) is 4.23. The van der Waals surface area contributed by atoms with E-state index in [4.69, 9.17) is 11.6 Å². The van der Waals surface area contributed by atoms with Gasteiger partial charge >= 0.3 is 0 Å². The van der Waals surface area contributed by atoms with Crippen LogP contribution in [0.1, 0.15) is 6.42 Å². The van der Waals surface area contributed by atoms with Gasteiger partial charge in [0.05, 0.1) is 16.5 Å². The Kier molecular flexibility index (Phi) is 5.85. The predicted molar refractivity (Wildman–Crippen MR) is 115 cm³/mol. The minimum atomic E-state index is -3.77. The SMILES string of the molecule is O=C(CNc1ccccn1)NC1CCN(S(=O)(=O)c2cccc3cncc(Cl)c23)C1. The second kappa shape index (κ2) is 8.55. The molecule has 1 atom stereocenters. The summed E-state index contributed by atoms with van der Waals surface area (Å²) in [6.07, 6.45) is 5.19. The van der Waals surface area contributed by atoms with E-state index in [-0.39, 0.29) is 35.0 Å². The van der Waals surface area contributed by atoms with Gasteiger partial charge in [-0.05, 0) is 24.6 Å². The Hall–Kier alpha value is -2.75. The van der Waals surface area contributed by atoms with Gasteiger partial charge in [-0.15, -0.1) is 0 Å². The molecule has 1 aliphatic heterocycles. The number of pyridine rings is 2. The maximum absolute atomic E-state index is 13.3. The Bertz CT molecular complexity index is 1170. The average Bonchev–Trinajstić information content (AvgIpc) is 3.22. The molecule has 0 saturated carbocycles. The zero-order chi connectivity index (χ0) is 21.1. The van der Waals surface area contributed by atoms with Gasteiger partial charge in [0.1, 0.15) is 5.82 Å². The highest BCUT2D eigenvalue weighted by Gasteiger charge is 2.34. The molecule has 1 unspecified atom stereocenters. The van der Waals surface area contributed by atoms with E-state index in [1.165, 1.54) is 10.5 Å². The third-order valence-electron chi connectivity index (χ3n) is 4.93. The smallest absolute Gasteiger partial charge is 0.243 e. The van der Waals surface area contributed by atoms with Crippen molar-refractivity contribution in [1.29, 1.82) is 0 Å². The van der Waals surface area contributed by atoms with Crippen molar-refractivity contribution in [3.8, 4) is 0 Å². The third-order valence-corrected chi connectivity index (χ3v) is 7.12. The molecule has 2 aromatic heterocycles. The van der Waals surface area contributed by atoms with Crippen molar-refractivity contribution in [3.05, 3.63) is 60.0 Å². The summed E-state index contributed by atoms with van der Waals surface area (Å²) in [4.78, 5) is 20.5. The van der Waals surface area contributed by atoms with Crippen molar-refractivity contribution in [1.82, 2.24) is 19.6 Å². The molecule has 3 heterocycles. The fraction of sp³-hybridized carbons (Fsp3) is 0.250. The molecule has 1 fully saturated rings. The number of anilines is 1. The molecule has 1 aromatic carbocycles. The van der Waals surface area contributed by atoms with Gasteiger partial charge in [-0.1, -0.05) is 29.8 Å². The van der Waals surface area contributed by atoms with Crippen molar-refractivity contribution in [2.45, 2.75) is 17.4 Å². The van der Waals surface area contributed by atoms with Crippen LogP contribution in [0.3, 0.4) is 0 Å². The maximum atomic E-state index is 13.3. The fourth-order valence-corrected chi connectivity index (χ4v) is 5.55. The van der Waals surface area contributed by atoms with Crippen LogP contribution in [-0.4, -0.2) is 54.3 Å². The molecular weight excluding hydrogens is 426 g/mol. The second-order valence-corrected chi connectivity index (χ2v) is 9.27. The van der Waals surface area contributed by atoms with Gasteiger partial charge in [0.2, 0.25) is 15.9 Å². The topological polar surface area (TPSA) is 104 Å². The van der Waals surface area contributed by atoms with Crippen molar-refractivity contribution in [3.63, 3.8) is 0 Å². The van der Waals surface area contributed by atoms with Crippen LogP contribution in [0.2, 0.25) is 5.02 Å². The quantitative estimate of drug-likeness (QED) is 0.603. The van der Waals surface area contributed by atoms with Gasteiger partial charge in [-0.3, -0.25) is 9.78 Å². The molecule has 156 valence electrons. The first-order valence-electron chi connectivity index (χ1n) is 9.42. The van der Waals surface area contributed by atoms with Gasteiger partial charge in [0, 0.05) is 48.5 Å². The number of benzene rings is 1. The summed E-state index contributed by atoms with van der Waals surface area (Å²) >= 11 is 6.24. The fourth-order valence-electron chi connectivity index (χ4n) is 3.49. The van der Waals surface area contributed by atoms with E-state index in [1.54, 1.807) is 42.7 Å². The number of fused-ring (bicyclic) bond motifs is 1. The highest BCUT2D eigenvalue weighted by Crippen LogP contribution is 2.32. The molecular formula is C20H20ClN5O3S. The number of aromatic nitrogens is 2. The molecule has 2 N–H and O–H groups in total. The normalized spacial score (nSPS) is 17.2. The molecule has 0 bridgehead atoms. The van der Waals surface area contributed by atoms with Gasteiger partial charge in [-0.2, -0.15) is 4.31 Å². The van der Waals surface area contributed by atoms with Crippen LogP contribution in [-0.2, 0) is 14.8 Å². The van der Waals surface area contributed by atoms with E-state index in [2.05, 4.69) is 20.6 Å². The van der Waals surface area contributed by atoms with E-state index < -0.39 is 10.0 Å². The Morgan fingerprint density at radius 3 is 2.87 bits per heavy atom. The molecule has 4 rings (SSSR count). The lowest BCUT2D eigenvalue weighted by atomic mass is 10.2. The van der Waals surface area contributed by atoms with Crippen LogP contribution >= 0.6 is 11.6 Å². The molecule has 10 heteroatoms. The van der Waals surface area contributed by atoms with Gasteiger partial charge in [0.15, 0.2) is 0 Å². The average molecular weight is 446 g/mol. The summed E-state index contributed by atoms with van der Waals surface area (Å²) in [5, 5.41) is 7.22. The lowest BCUT2D eigenvalue weighted by Gasteiger charge is -2.19. The number of nitrogens with one attached hydrogen (secondary N) is 2. The van der Waals surface area contributed by atoms with Crippen LogP contribution < -0.4 is 10.6 Å². The van der Waals surface area contributed by atoms with E-state index in [0.29, 0.717) is 29.6 Å². The summed E-state index contributed by atoms with van der Waals surface area (Å²) < 4.78 is 27.9. The summed E-state index contributed by atoms with van der Waals surface area (Å²) in [7, 11) is -3.77. The molecule has 1 saturated heterocycles. The lowest BCUT2D eigenvalue weighted by Crippen LogP contribution is -2.41. The molecule has 3 aromatic rings. The highest BCUT2D eigenvalue weighted by atomic mass is 35.5. The number of nitrogens with zero attached hydrogens (tertiary/aromatic N) is 3. The molecule has 0 aliphatic carbocycles. The first-order chi connectivity index (χ1) is 14.4. The molecule has 8 nitrogen and oxygen atoms in total. The number of halogens is 1. The monoisotopic (exact) mass is 445 g/mol. The molecule has 1 amide bonds. The summed E-state index contributed by atoms with van der Waals surface area (Å²) in [5.41, 5.74) is 0. The van der Waals surface area contributed by atoms with E-state index in [0.717, 1.165) is 0 Å². The van der Waals surface area contributed by atoms with Crippen LogP contribution in [0.25, 0.3) is 10.8 Å². The Balaban J connectivity index is 1.43. The minimum Gasteiger partial charge on any atom is -0.361 e. The zero-order valence-electron chi connectivity index (χ0n) is 16.0. The molecule has 0 spiro atoms. The summed E-state index contributed by atoms with van der Waals surface area (Å²) in [6, 6.07) is 10.1. The van der Waals surface area contributed by atoms with Crippen molar-refractivity contribution in [2.24, 2.45) is 0 Å². The van der Waals surface area contributed by atoms with Gasteiger partial charge < -0.3 is 10.6 Å². The Morgan fingerprint density at radius 2 is 2.07 bits per heavy atom. The molecule has 30 heavy (non-hydrogen) atoms. The van der Waals surface area contributed by atoms with Crippen LogP contribution in [0.4, 0.5) is 5.82 Å². The molecule has 0 radical (unpaired) electrons. The summed E-state index contributed by atoms with van der Waals surface area (Å²) in [5.74, 6) is 0.384. The number of rotatable bonds is 6. The first kappa shape index (κ1) is 20.5. The van der Waals surface area contributed by atoms with E-state index >= 15 is 0 Å². The Morgan fingerprint density at radius 1 is 1.20 bits per heavy atom. The number of amides is 1. The van der Waals surface area contributed by atoms with Crippen molar-refractivity contribution >= 4 is 44.1 Å². The minimum absolute atomic E-state index is 0.0617. The van der Waals surface area contributed by atoms with Crippen molar-refractivity contribution < 1.29 is 13.2 Å². The van der Waals surface area contributed by atoms with Crippen LogP contribution in [0, 0.1) is 0 Å². The molecule has 1 aliphatic rings. The van der Waals surface area contributed by atoms with Crippen molar-refractivity contribution in [2.75, 3.05) is 25.0 Å².